The number of nitrogens with zero attached hydrogens (tertiary/aromatic N) is 2. The number of hydrogen-bond donors (Lipinski definition) is 1. The van der Waals surface area contributed by atoms with Crippen LogP contribution in [0.25, 0.3) is 22.1 Å². The SMILES string of the molecule is CCOC(=O)Cc1ccccc1OCc1cc(-c2cccc(CNC(=O)OC(C)(C)C)c2)c2oc(Cn3ccnc3)cc2c1. The van der Waals surface area contributed by atoms with Crippen molar-refractivity contribution in [3.05, 3.63) is 108 Å². The Kier molecular flexibility index (Phi) is 9.33. The lowest BCUT2D eigenvalue weighted by Crippen LogP contribution is -2.32. The Morgan fingerprint density at radius 3 is 2.61 bits per heavy atom. The van der Waals surface area contributed by atoms with Gasteiger partial charge >= 0.3 is 12.1 Å². The number of rotatable bonds is 11. The Hall–Kier alpha value is -5.05. The first-order chi connectivity index (χ1) is 21.2. The van der Waals surface area contributed by atoms with Crippen molar-refractivity contribution >= 4 is 23.0 Å². The molecule has 0 atom stereocenters. The zero-order chi connectivity index (χ0) is 31.1. The van der Waals surface area contributed by atoms with Crippen molar-refractivity contribution < 1.29 is 28.2 Å². The average molecular weight is 596 g/mol. The zero-order valence-electron chi connectivity index (χ0n) is 25.5. The molecule has 0 spiro atoms. The fourth-order valence-corrected chi connectivity index (χ4v) is 4.86. The van der Waals surface area contributed by atoms with Gasteiger partial charge in [-0.3, -0.25) is 4.79 Å². The van der Waals surface area contributed by atoms with Gasteiger partial charge in [0.05, 0.1) is 25.9 Å². The maximum atomic E-state index is 12.2. The van der Waals surface area contributed by atoms with Crippen LogP contribution in [-0.4, -0.2) is 33.8 Å². The molecule has 44 heavy (non-hydrogen) atoms. The van der Waals surface area contributed by atoms with Crippen molar-refractivity contribution in [3.63, 3.8) is 0 Å². The molecule has 0 bridgehead atoms. The van der Waals surface area contributed by atoms with Crippen molar-refractivity contribution in [2.24, 2.45) is 0 Å². The van der Waals surface area contributed by atoms with E-state index in [0.717, 1.165) is 44.5 Å². The van der Waals surface area contributed by atoms with E-state index in [2.05, 4.69) is 22.4 Å². The van der Waals surface area contributed by atoms with Crippen LogP contribution in [0.15, 0.2) is 89.9 Å². The van der Waals surface area contributed by atoms with Gasteiger partial charge < -0.3 is 28.5 Å². The lowest BCUT2D eigenvalue weighted by Gasteiger charge is -2.19. The number of imidazole rings is 1. The minimum Gasteiger partial charge on any atom is -0.489 e. The Bertz CT molecular complexity index is 1730. The highest BCUT2D eigenvalue weighted by molar-refractivity contribution is 5.93. The van der Waals surface area contributed by atoms with E-state index in [9.17, 15) is 9.59 Å². The molecular formula is C35H37N3O6. The van der Waals surface area contributed by atoms with E-state index < -0.39 is 11.7 Å². The smallest absolute Gasteiger partial charge is 0.407 e. The van der Waals surface area contributed by atoms with Crippen LogP contribution in [-0.2, 0) is 40.4 Å². The highest BCUT2D eigenvalue weighted by atomic mass is 16.6. The monoisotopic (exact) mass is 595 g/mol. The number of aromatic nitrogens is 2. The quantitative estimate of drug-likeness (QED) is 0.163. The van der Waals surface area contributed by atoms with Crippen LogP contribution in [0.2, 0.25) is 0 Å². The highest BCUT2D eigenvalue weighted by Gasteiger charge is 2.17. The van der Waals surface area contributed by atoms with E-state index in [-0.39, 0.29) is 19.0 Å². The van der Waals surface area contributed by atoms with Gasteiger partial charge in [-0.25, -0.2) is 9.78 Å². The molecular weight excluding hydrogens is 558 g/mol. The third-order valence-electron chi connectivity index (χ3n) is 6.71. The zero-order valence-corrected chi connectivity index (χ0v) is 25.5. The summed E-state index contributed by atoms with van der Waals surface area (Å²) < 4.78 is 25.1. The van der Waals surface area contributed by atoms with Crippen molar-refractivity contribution in [1.29, 1.82) is 0 Å². The maximum absolute atomic E-state index is 12.2. The number of fused-ring (bicyclic) bond motifs is 1. The van der Waals surface area contributed by atoms with E-state index in [1.165, 1.54) is 0 Å². The number of furan rings is 1. The first kappa shape index (κ1) is 30.4. The van der Waals surface area contributed by atoms with E-state index >= 15 is 0 Å². The molecule has 0 saturated heterocycles. The van der Waals surface area contributed by atoms with Gasteiger partial charge in [0.2, 0.25) is 0 Å². The lowest BCUT2D eigenvalue weighted by atomic mass is 9.99. The summed E-state index contributed by atoms with van der Waals surface area (Å²) in [5.41, 5.74) is 4.63. The number of ether oxygens (including phenoxy) is 3. The molecule has 228 valence electrons. The molecule has 2 aromatic heterocycles. The molecule has 5 rings (SSSR count). The summed E-state index contributed by atoms with van der Waals surface area (Å²) in [6.07, 6.45) is 5.05. The molecule has 0 aliphatic heterocycles. The van der Waals surface area contributed by atoms with Crippen molar-refractivity contribution in [2.75, 3.05) is 6.61 Å². The van der Waals surface area contributed by atoms with Crippen LogP contribution in [0.3, 0.4) is 0 Å². The Balaban J connectivity index is 1.44. The average Bonchev–Trinajstić information content (AvgIpc) is 3.64. The van der Waals surface area contributed by atoms with Crippen molar-refractivity contribution in [1.82, 2.24) is 14.9 Å². The van der Waals surface area contributed by atoms with E-state index in [4.69, 9.17) is 18.6 Å². The Morgan fingerprint density at radius 1 is 1.00 bits per heavy atom. The number of esters is 1. The number of alkyl carbamates (subject to hydrolysis) is 1. The third-order valence-corrected chi connectivity index (χ3v) is 6.71. The van der Waals surface area contributed by atoms with Gasteiger partial charge in [-0.1, -0.05) is 36.4 Å². The largest absolute Gasteiger partial charge is 0.489 e. The molecule has 0 radical (unpaired) electrons. The molecule has 0 aliphatic carbocycles. The third kappa shape index (κ3) is 8.06. The predicted molar refractivity (Wildman–Crippen MR) is 167 cm³/mol. The number of para-hydroxylation sites is 1. The predicted octanol–water partition coefficient (Wildman–Crippen LogP) is 7.05. The molecule has 3 aromatic carbocycles. The van der Waals surface area contributed by atoms with Gasteiger partial charge in [-0.05, 0) is 74.7 Å². The van der Waals surface area contributed by atoms with E-state index in [1.54, 1.807) is 19.4 Å². The molecule has 0 unspecified atom stereocenters. The van der Waals surface area contributed by atoms with Gasteiger partial charge in [0.25, 0.3) is 0 Å². The van der Waals surface area contributed by atoms with Gasteiger partial charge in [0.1, 0.15) is 29.3 Å². The molecule has 5 aromatic rings. The van der Waals surface area contributed by atoms with Gasteiger partial charge in [-0.15, -0.1) is 0 Å². The Morgan fingerprint density at radius 2 is 1.84 bits per heavy atom. The number of amides is 1. The van der Waals surface area contributed by atoms with Crippen LogP contribution >= 0.6 is 0 Å². The maximum Gasteiger partial charge on any atom is 0.407 e. The summed E-state index contributed by atoms with van der Waals surface area (Å²) in [4.78, 5) is 28.5. The van der Waals surface area contributed by atoms with Crippen molar-refractivity contribution in [3.8, 4) is 16.9 Å². The summed E-state index contributed by atoms with van der Waals surface area (Å²) in [6, 6.07) is 21.6. The fourth-order valence-electron chi connectivity index (χ4n) is 4.86. The molecule has 0 fully saturated rings. The summed E-state index contributed by atoms with van der Waals surface area (Å²) in [5, 5.41) is 3.77. The molecule has 2 heterocycles. The molecule has 1 amide bonds. The first-order valence-corrected chi connectivity index (χ1v) is 14.6. The molecule has 0 aliphatic rings. The van der Waals surface area contributed by atoms with Crippen LogP contribution in [0.4, 0.5) is 4.79 Å². The van der Waals surface area contributed by atoms with Crippen LogP contribution in [0, 0.1) is 0 Å². The number of benzene rings is 3. The molecule has 9 nitrogen and oxygen atoms in total. The molecule has 0 saturated carbocycles. The van der Waals surface area contributed by atoms with Gasteiger partial charge in [-0.2, -0.15) is 0 Å². The minimum absolute atomic E-state index is 0.137. The highest BCUT2D eigenvalue weighted by Crippen LogP contribution is 2.34. The lowest BCUT2D eigenvalue weighted by molar-refractivity contribution is -0.142. The second-order valence-electron chi connectivity index (χ2n) is 11.4. The fraction of sp³-hybridized carbons (Fsp3) is 0.286. The second kappa shape index (κ2) is 13.5. The van der Waals surface area contributed by atoms with Crippen LogP contribution in [0.1, 0.15) is 50.1 Å². The summed E-state index contributed by atoms with van der Waals surface area (Å²) in [5.74, 6) is 1.13. The second-order valence-corrected chi connectivity index (χ2v) is 11.4. The standard InChI is InChI=1S/C35H37N3O6/c1-5-41-32(39)19-27-10-6-7-12-31(27)42-22-25-16-28-18-29(21-38-14-13-36-23-38)43-33(28)30(17-25)26-11-8-9-24(15-26)20-37-34(40)44-35(2,3)4/h6-18,23H,5,19-22H2,1-4H3,(H,37,40). The van der Waals surface area contributed by atoms with Crippen molar-refractivity contribution in [2.45, 2.75) is 59.4 Å². The summed E-state index contributed by atoms with van der Waals surface area (Å²) in [7, 11) is 0. The summed E-state index contributed by atoms with van der Waals surface area (Å²) >= 11 is 0. The Labute approximate surface area is 256 Å². The number of nitrogens with one attached hydrogen (secondary N) is 1. The van der Waals surface area contributed by atoms with E-state index in [0.29, 0.717) is 25.4 Å². The van der Waals surface area contributed by atoms with E-state index in [1.807, 2.05) is 86.1 Å². The van der Waals surface area contributed by atoms with Gasteiger partial charge in [0.15, 0.2) is 0 Å². The number of carbonyl (C=O) groups excluding carboxylic acids is 2. The normalized spacial score (nSPS) is 11.4. The minimum atomic E-state index is -0.576. The number of hydrogen-bond acceptors (Lipinski definition) is 7. The molecule has 1 N–H and O–H groups in total. The van der Waals surface area contributed by atoms with Gasteiger partial charge in [0, 0.05) is 35.5 Å². The topological polar surface area (TPSA) is 105 Å². The van der Waals surface area contributed by atoms with Crippen LogP contribution in [0.5, 0.6) is 5.75 Å². The molecule has 9 heteroatoms. The van der Waals surface area contributed by atoms with Crippen LogP contribution < -0.4 is 10.1 Å². The first-order valence-electron chi connectivity index (χ1n) is 14.6. The number of carbonyl (C=O) groups is 2. The summed E-state index contributed by atoms with van der Waals surface area (Å²) in [6.45, 7) is 8.76.